The van der Waals surface area contributed by atoms with Crippen LogP contribution in [-0.2, 0) is 0 Å². The van der Waals surface area contributed by atoms with Gasteiger partial charge < -0.3 is 10.2 Å². The number of hydrogen-bond donors (Lipinski definition) is 1. The molecule has 0 saturated heterocycles. The van der Waals surface area contributed by atoms with Gasteiger partial charge in [0.25, 0.3) is 0 Å². The van der Waals surface area contributed by atoms with Gasteiger partial charge in [0.05, 0.1) is 12.4 Å². The number of halogens is 1. The van der Waals surface area contributed by atoms with E-state index < -0.39 is 0 Å². The first-order valence-electron chi connectivity index (χ1n) is 4.99. The molecule has 5 heteroatoms. The molecule has 1 aromatic carbocycles. The zero-order valence-electron chi connectivity index (χ0n) is 8.72. The van der Waals surface area contributed by atoms with E-state index in [0.717, 1.165) is 11.0 Å². The number of rotatable bonds is 1. The lowest BCUT2D eigenvalue weighted by molar-refractivity contribution is 0.628. The van der Waals surface area contributed by atoms with Crippen molar-refractivity contribution in [3.8, 4) is 11.5 Å². The highest BCUT2D eigenvalue weighted by molar-refractivity contribution is 6.31. The van der Waals surface area contributed by atoms with Crippen molar-refractivity contribution in [1.29, 1.82) is 0 Å². The van der Waals surface area contributed by atoms with Crippen LogP contribution in [0.4, 0.5) is 5.82 Å². The van der Waals surface area contributed by atoms with E-state index in [4.69, 9.17) is 21.8 Å². The Labute approximate surface area is 102 Å². The number of aromatic nitrogens is 2. The number of nitrogens with two attached hydrogens (primary N) is 1. The third-order valence-electron chi connectivity index (χ3n) is 2.38. The molecular formula is C12H8ClN3O. The van der Waals surface area contributed by atoms with Crippen LogP contribution in [0.1, 0.15) is 0 Å². The van der Waals surface area contributed by atoms with E-state index >= 15 is 0 Å². The van der Waals surface area contributed by atoms with Crippen LogP contribution in [0.2, 0.25) is 5.02 Å². The molecule has 0 amide bonds. The first-order chi connectivity index (χ1) is 8.22. The Hall–Kier alpha value is -2.07. The second-order valence-corrected chi connectivity index (χ2v) is 4.06. The number of hydrogen-bond acceptors (Lipinski definition) is 4. The molecule has 84 valence electrons. The molecule has 0 saturated carbocycles. The van der Waals surface area contributed by atoms with E-state index in [0.29, 0.717) is 22.3 Å². The molecule has 0 bridgehead atoms. The Bertz CT molecular complexity index is 693. The molecule has 0 radical (unpaired) electrons. The van der Waals surface area contributed by atoms with Gasteiger partial charge in [0, 0.05) is 10.4 Å². The molecule has 0 spiro atoms. The minimum absolute atomic E-state index is 0.362. The molecule has 0 aliphatic rings. The fraction of sp³-hybridized carbons (Fsp3) is 0. The van der Waals surface area contributed by atoms with Crippen LogP contribution >= 0.6 is 11.6 Å². The van der Waals surface area contributed by atoms with E-state index in [1.165, 1.54) is 6.20 Å². The molecule has 0 aliphatic heterocycles. The SMILES string of the molecule is Nc1cncc(-c2cc3cc(Cl)ccc3o2)n1. The number of fused-ring (bicyclic) bond motifs is 1. The van der Waals surface area contributed by atoms with Crippen LogP contribution in [-0.4, -0.2) is 9.97 Å². The Morgan fingerprint density at radius 2 is 2.06 bits per heavy atom. The lowest BCUT2D eigenvalue weighted by Gasteiger charge is -1.95. The van der Waals surface area contributed by atoms with Gasteiger partial charge in [-0.05, 0) is 24.3 Å². The third kappa shape index (κ3) is 1.83. The minimum atomic E-state index is 0.362. The summed E-state index contributed by atoms with van der Waals surface area (Å²) in [5.74, 6) is 0.989. The molecule has 0 unspecified atom stereocenters. The van der Waals surface area contributed by atoms with Crippen LogP contribution in [0.25, 0.3) is 22.4 Å². The highest BCUT2D eigenvalue weighted by Crippen LogP contribution is 2.28. The molecule has 17 heavy (non-hydrogen) atoms. The van der Waals surface area contributed by atoms with Crippen molar-refractivity contribution in [1.82, 2.24) is 9.97 Å². The number of benzene rings is 1. The summed E-state index contributed by atoms with van der Waals surface area (Å²) in [7, 11) is 0. The zero-order valence-corrected chi connectivity index (χ0v) is 9.48. The number of furan rings is 1. The van der Waals surface area contributed by atoms with Crippen molar-refractivity contribution in [2.45, 2.75) is 0 Å². The van der Waals surface area contributed by atoms with Gasteiger partial charge in [0.1, 0.15) is 17.1 Å². The second kappa shape index (κ2) is 3.75. The van der Waals surface area contributed by atoms with Crippen molar-refractivity contribution >= 4 is 28.4 Å². The molecule has 3 aromatic rings. The minimum Gasteiger partial charge on any atom is -0.454 e. The topological polar surface area (TPSA) is 64.9 Å². The maximum absolute atomic E-state index is 5.91. The smallest absolute Gasteiger partial charge is 0.155 e. The molecule has 0 atom stereocenters. The first-order valence-corrected chi connectivity index (χ1v) is 5.37. The highest BCUT2D eigenvalue weighted by Gasteiger charge is 2.08. The molecule has 4 nitrogen and oxygen atoms in total. The maximum atomic E-state index is 5.91. The van der Waals surface area contributed by atoms with Gasteiger partial charge >= 0.3 is 0 Å². The summed E-state index contributed by atoms with van der Waals surface area (Å²) in [5.41, 5.74) is 6.94. The average molecular weight is 246 g/mol. The Morgan fingerprint density at radius 1 is 1.18 bits per heavy atom. The van der Waals surface area contributed by atoms with Crippen molar-refractivity contribution in [2.24, 2.45) is 0 Å². The predicted molar refractivity (Wildman–Crippen MR) is 66.7 cm³/mol. The quantitative estimate of drug-likeness (QED) is 0.715. The van der Waals surface area contributed by atoms with Crippen LogP contribution < -0.4 is 5.73 Å². The molecule has 0 fully saturated rings. The normalized spacial score (nSPS) is 10.9. The van der Waals surface area contributed by atoms with E-state index in [1.54, 1.807) is 12.3 Å². The fourth-order valence-corrected chi connectivity index (χ4v) is 1.82. The lowest BCUT2D eigenvalue weighted by Crippen LogP contribution is -1.92. The van der Waals surface area contributed by atoms with Gasteiger partial charge in [-0.15, -0.1) is 0 Å². The average Bonchev–Trinajstić information content (AvgIpc) is 2.72. The summed E-state index contributed by atoms with van der Waals surface area (Å²) in [5, 5.41) is 1.60. The molecule has 2 N–H and O–H groups in total. The van der Waals surface area contributed by atoms with Crippen molar-refractivity contribution in [3.63, 3.8) is 0 Å². The Balaban J connectivity index is 2.18. The zero-order chi connectivity index (χ0) is 11.8. The van der Waals surface area contributed by atoms with Crippen molar-refractivity contribution < 1.29 is 4.42 Å². The number of nitrogen functional groups attached to an aromatic ring is 1. The summed E-state index contributed by atoms with van der Waals surface area (Å²) in [6.07, 6.45) is 3.10. The molecular weight excluding hydrogens is 238 g/mol. The van der Waals surface area contributed by atoms with E-state index in [1.807, 2.05) is 18.2 Å². The van der Waals surface area contributed by atoms with Gasteiger partial charge in [-0.2, -0.15) is 0 Å². The lowest BCUT2D eigenvalue weighted by atomic mass is 10.2. The van der Waals surface area contributed by atoms with E-state index in [9.17, 15) is 0 Å². The van der Waals surface area contributed by atoms with Crippen LogP contribution in [0.3, 0.4) is 0 Å². The van der Waals surface area contributed by atoms with Gasteiger partial charge in [-0.3, -0.25) is 4.98 Å². The van der Waals surface area contributed by atoms with Crippen LogP contribution in [0, 0.1) is 0 Å². The molecule has 2 heterocycles. The Kier molecular flexibility index (Phi) is 2.23. The molecule has 3 rings (SSSR count). The third-order valence-corrected chi connectivity index (χ3v) is 2.62. The van der Waals surface area contributed by atoms with Crippen LogP contribution in [0.15, 0.2) is 41.1 Å². The fourth-order valence-electron chi connectivity index (χ4n) is 1.64. The number of nitrogens with zero attached hydrogens (tertiary/aromatic N) is 2. The predicted octanol–water partition coefficient (Wildman–Crippen LogP) is 3.13. The van der Waals surface area contributed by atoms with Crippen molar-refractivity contribution in [3.05, 3.63) is 41.7 Å². The largest absolute Gasteiger partial charge is 0.454 e. The summed E-state index contributed by atoms with van der Waals surface area (Å²) >= 11 is 5.91. The van der Waals surface area contributed by atoms with Crippen LogP contribution in [0.5, 0.6) is 0 Å². The molecule has 0 aliphatic carbocycles. The van der Waals surface area contributed by atoms with Gasteiger partial charge in [0.15, 0.2) is 5.76 Å². The summed E-state index contributed by atoms with van der Waals surface area (Å²) < 4.78 is 5.65. The second-order valence-electron chi connectivity index (χ2n) is 3.62. The summed E-state index contributed by atoms with van der Waals surface area (Å²) in [6, 6.07) is 7.30. The first kappa shape index (κ1) is 10.1. The highest BCUT2D eigenvalue weighted by atomic mass is 35.5. The monoisotopic (exact) mass is 245 g/mol. The van der Waals surface area contributed by atoms with Crippen molar-refractivity contribution in [2.75, 3.05) is 5.73 Å². The number of anilines is 1. The van der Waals surface area contributed by atoms with Gasteiger partial charge in [-0.25, -0.2) is 4.98 Å². The molecule has 2 aromatic heterocycles. The Morgan fingerprint density at radius 3 is 2.88 bits per heavy atom. The summed E-state index contributed by atoms with van der Waals surface area (Å²) in [4.78, 5) is 8.12. The van der Waals surface area contributed by atoms with Gasteiger partial charge in [0.2, 0.25) is 0 Å². The van der Waals surface area contributed by atoms with Gasteiger partial charge in [-0.1, -0.05) is 11.6 Å². The maximum Gasteiger partial charge on any atom is 0.155 e. The standard InChI is InChI=1S/C12H8ClN3O/c13-8-1-2-10-7(3-8)4-11(17-10)9-5-15-6-12(14)16-9/h1-6H,(H2,14,16). The van der Waals surface area contributed by atoms with E-state index in [-0.39, 0.29) is 0 Å². The summed E-state index contributed by atoms with van der Waals surface area (Å²) in [6.45, 7) is 0. The van der Waals surface area contributed by atoms with E-state index in [2.05, 4.69) is 9.97 Å².